The monoisotopic (exact) mass is 1580 g/mol. The number of azo groups is 2. The van der Waals surface area contributed by atoms with E-state index in [1.165, 1.54) is 12.1 Å². The van der Waals surface area contributed by atoms with E-state index in [2.05, 4.69) is 81.8 Å². The predicted octanol–water partition coefficient (Wildman–Crippen LogP) is 2.53. The molecule has 0 bridgehead atoms. The van der Waals surface area contributed by atoms with Crippen molar-refractivity contribution in [2.24, 2.45) is 30.7 Å². The number of aromatic nitrogens is 6. The van der Waals surface area contributed by atoms with E-state index in [0.717, 1.165) is 121 Å². The molecule has 10 rings (SSSR count). The summed E-state index contributed by atoms with van der Waals surface area (Å²) >= 11 is 12.4. The van der Waals surface area contributed by atoms with E-state index in [1.54, 1.807) is 0 Å². The number of nitrogens with one attached hydrogen (secondary N) is 4. The topological polar surface area (TPSA) is 644 Å². The molecule has 0 fully saturated rings. The van der Waals surface area contributed by atoms with Gasteiger partial charge >= 0.3 is 41.5 Å². The molecule has 0 spiro atoms. The van der Waals surface area contributed by atoms with Gasteiger partial charge in [0.1, 0.15) is 41.1 Å². The van der Waals surface area contributed by atoms with E-state index in [4.69, 9.17) is 23.2 Å². The molecule has 2 aliphatic heterocycles. The second-order valence-corrected chi connectivity index (χ2v) is 29.2. The summed E-state index contributed by atoms with van der Waals surface area (Å²) in [5.74, 6) is -7.62. The zero-order valence-electron chi connectivity index (χ0n) is 50.4. The minimum Gasteiger partial charge on any atom is -0.744 e. The van der Waals surface area contributed by atoms with Gasteiger partial charge in [0.05, 0.1) is 21.2 Å². The van der Waals surface area contributed by atoms with Crippen molar-refractivity contribution in [2.45, 2.75) is 41.5 Å². The van der Waals surface area contributed by atoms with Gasteiger partial charge in [-0.3, -0.25) is 32.4 Å². The van der Waals surface area contributed by atoms with Gasteiger partial charge < -0.3 is 36.0 Å². The third-order valence-corrected chi connectivity index (χ3v) is 19.0. The van der Waals surface area contributed by atoms with Crippen LogP contribution in [0.15, 0.2) is 181 Å². The molecule has 8 aromatic rings. The summed E-state index contributed by atoms with van der Waals surface area (Å²) in [5, 5.41) is 52.4. The van der Waals surface area contributed by atoms with Gasteiger partial charge in [0.2, 0.25) is 46.4 Å². The molecule has 2 amide bonds. The number of hydrogen-bond donors (Lipinski definition) is 11. The van der Waals surface area contributed by atoms with Crippen molar-refractivity contribution in [3.8, 4) is 0 Å². The molecule has 103 heavy (non-hydrogen) atoms. The van der Waals surface area contributed by atoms with E-state index in [-0.39, 0.29) is 74.8 Å². The van der Waals surface area contributed by atoms with Crippen LogP contribution < -0.4 is 60.8 Å². The number of carboxylic acids is 2. The number of carbonyl (C=O) groups excluding carboxylic acids is 2. The first kappa shape index (κ1) is 76.9. The Morgan fingerprint density at radius 3 is 1.05 bits per heavy atom. The summed E-state index contributed by atoms with van der Waals surface area (Å²) in [7, 11) is -30.2. The molecule has 2 aliphatic rings. The van der Waals surface area contributed by atoms with E-state index in [9.17, 15) is 107 Å². The van der Waals surface area contributed by atoms with Gasteiger partial charge in [0, 0.05) is 22.7 Å². The fraction of sp³-hybridized carbons (Fsp3) is 0.0385. The first-order valence-electron chi connectivity index (χ1n) is 26.9. The molecule has 6 aromatic carbocycles. The van der Waals surface area contributed by atoms with Gasteiger partial charge in [0.15, 0.2) is 11.4 Å². The van der Waals surface area contributed by atoms with Gasteiger partial charge in [-0.1, -0.05) is 24.3 Å². The predicted molar refractivity (Wildman–Crippen MR) is 349 cm³/mol. The van der Waals surface area contributed by atoms with Crippen LogP contribution in [0.1, 0.15) is 11.1 Å². The molecule has 2 unspecified atom stereocenters. The SMILES string of the molecule is O=C(O)C1=NN(c2ccc(S(=O)(=O)[O-])cc2)C(=O)C1N=Nc1cc(Nc2nc(Cl)nc(Nc3ccc(/C=C/c4ccc(Nc5nc(Cl)nc(Nc6ccc(S(=O)(=O)O)c(N=NC7C(=O)N(c8ccc(S(=O)(=O)O)cc8)N=C7C(=O)O)c6)n5)cc4S(=O)(=O)O)c(S(=O)(=O)O)c3)n2)ccc1S(=O)(=O)O.[Na+]. The maximum atomic E-state index is 13.4. The van der Waals surface area contributed by atoms with E-state index in [0.29, 0.717) is 10.0 Å². The Morgan fingerprint density at radius 2 is 0.748 bits per heavy atom. The summed E-state index contributed by atoms with van der Waals surface area (Å²) in [6.07, 6.45) is 2.06. The minimum atomic E-state index is -5.17. The van der Waals surface area contributed by atoms with Crippen LogP contribution >= 0.6 is 23.2 Å². The first-order valence-corrected chi connectivity index (χ1v) is 36.3. The standard InChI is InChI=1S/C52H36Cl2N18O24S6.Na/c53-47-59-49(55-25-7-17-35(99(85,86)87)33(19-25)65-67-39-41(45(75)76)69-71(43(39)73)29-9-13-31(14-10-29)97(79,80)81)63-51(61-47)57-27-5-3-23(37(21-27)101(91,92)93)1-2-24-4-6-28(22-38(24)102(94,95)96)58-52-62-48(54)60-50(64-52)56-26-8-18-36(100(88,89)90)34(20-26)66-68-40-42(46(77)78)70-72(44(40)74)30-11-15-32(16-12-30)98(82,83)84;/h1-22,39-40H,(H,75,76)(H,77,78)(H,79,80,81)(H,82,83,84)(H,85,86,87)(H,88,89,90)(H,91,92,93)(H,94,95,96)(H2,55,57,59,61,63)(H2,56,58,60,62,64);/q;+1/p-1/b2-1+,67-65?,68-66?;. The van der Waals surface area contributed by atoms with Crippen LogP contribution in [-0.2, 0) is 79.9 Å². The molecular formula is C52H35Cl2N18NaO24S6. The number of amides is 2. The quantitative estimate of drug-likeness (QED) is 0.0179. The van der Waals surface area contributed by atoms with Gasteiger partial charge in [0.25, 0.3) is 62.4 Å². The van der Waals surface area contributed by atoms with Crippen LogP contribution in [0.2, 0.25) is 10.6 Å². The number of carboxylic acid groups (broad SMARTS) is 2. The zero-order valence-corrected chi connectivity index (χ0v) is 58.8. The van der Waals surface area contributed by atoms with Gasteiger partial charge in [-0.15, -0.1) is 0 Å². The van der Waals surface area contributed by atoms with Crippen LogP contribution in [-0.4, -0.2) is 165 Å². The number of hydrogen-bond acceptors (Lipinski definition) is 33. The third-order valence-electron chi connectivity index (χ3n) is 13.3. The van der Waals surface area contributed by atoms with E-state index in [1.807, 2.05) is 0 Å². The summed E-state index contributed by atoms with van der Waals surface area (Å²) in [4.78, 5) is 70.3. The maximum Gasteiger partial charge on any atom is 1.00 e. The second-order valence-electron chi connectivity index (χ2n) is 20.1. The number of carbonyl (C=O) groups is 4. The maximum absolute atomic E-state index is 13.4. The average Bonchev–Trinajstić information content (AvgIpc) is 1.73. The fourth-order valence-electron chi connectivity index (χ4n) is 8.89. The van der Waals surface area contributed by atoms with Gasteiger partial charge in [-0.25, -0.2) is 18.0 Å². The second kappa shape index (κ2) is 29.6. The molecule has 11 N–H and O–H groups in total. The number of rotatable bonds is 24. The molecule has 0 aliphatic carbocycles. The molecule has 2 aromatic heterocycles. The summed E-state index contributed by atoms with van der Waals surface area (Å²) in [6, 6.07) is 15.2. The van der Waals surface area contributed by atoms with Gasteiger partial charge in [-0.2, -0.15) is 113 Å². The fourth-order valence-corrected chi connectivity index (χ4v) is 12.8. The molecule has 42 nitrogen and oxygen atoms in total. The average molecular weight is 1580 g/mol. The number of aliphatic carboxylic acids is 2. The van der Waals surface area contributed by atoms with Crippen molar-refractivity contribution in [3.63, 3.8) is 0 Å². The third kappa shape index (κ3) is 18.3. The number of hydrazone groups is 2. The van der Waals surface area contributed by atoms with Crippen molar-refractivity contribution in [1.29, 1.82) is 0 Å². The number of halogens is 2. The largest absolute Gasteiger partial charge is 1.00 e. The van der Waals surface area contributed by atoms with Crippen LogP contribution in [0.3, 0.4) is 0 Å². The molecule has 0 saturated carbocycles. The summed E-state index contributed by atoms with van der Waals surface area (Å²) < 4.78 is 208. The minimum absolute atomic E-state index is 0. The van der Waals surface area contributed by atoms with Crippen LogP contribution in [0.25, 0.3) is 12.2 Å². The van der Waals surface area contributed by atoms with E-state index < -0.39 is 183 Å². The molecule has 0 radical (unpaired) electrons. The normalized spacial score (nSPS) is 15.3. The Hall–Kier alpha value is -10.3. The summed E-state index contributed by atoms with van der Waals surface area (Å²) in [6.45, 7) is 0. The Bertz CT molecular complexity index is 5440. The number of nitrogens with zero attached hydrogens (tertiary/aromatic N) is 14. The summed E-state index contributed by atoms with van der Waals surface area (Å²) in [5.41, 5.74) is -4.87. The smallest absolute Gasteiger partial charge is 0.744 e. The van der Waals surface area contributed by atoms with Crippen LogP contribution in [0, 0.1) is 0 Å². The Kier molecular flexibility index (Phi) is 22.1. The van der Waals surface area contributed by atoms with Crippen molar-refractivity contribution in [1.82, 2.24) is 29.9 Å². The molecule has 528 valence electrons. The van der Waals surface area contributed by atoms with E-state index >= 15 is 0 Å². The molecule has 2 atom stereocenters. The molecular weight excluding hydrogens is 1550 g/mol. The van der Waals surface area contributed by atoms with Gasteiger partial charge in [-0.05, 0) is 144 Å². The molecule has 4 heterocycles. The Labute approximate surface area is 608 Å². The number of benzene rings is 6. The number of anilines is 10. The molecule has 0 saturated heterocycles. The Morgan fingerprint density at radius 1 is 0.437 bits per heavy atom. The van der Waals surface area contributed by atoms with Crippen LogP contribution in [0.5, 0.6) is 0 Å². The van der Waals surface area contributed by atoms with Crippen molar-refractivity contribution in [3.05, 3.63) is 143 Å². The Balaban J connectivity index is 0.0000123. The van der Waals surface area contributed by atoms with Crippen molar-refractivity contribution in [2.75, 3.05) is 31.3 Å². The zero-order chi connectivity index (χ0) is 74.3. The van der Waals surface area contributed by atoms with Crippen LogP contribution in [0.4, 0.5) is 69.3 Å². The first-order chi connectivity index (χ1) is 47.6. The van der Waals surface area contributed by atoms with Crippen molar-refractivity contribution >= 4 is 201 Å². The van der Waals surface area contributed by atoms with Crippen molar-refractivity contribution < 1.29 is 137 Å². The molecule has 51 heteroatoms.